The molecule has 29 heavy (non-hydrogen) atoms. The molecule has 1 fully saturated rings. The van der Waals surface area contributed by atoms with E-state index in [1.54, 1.807) is 23.1 Å². The summed E-state index contributed by atoms with van der Waals surface area (Å²) in [6.45, 7) is 4.30. The van der Waals surface area contributed by atoms with Gasteiger partial charge in [-0.1, -0.05) is 42.5 Å². The number of likely N-dealkylation sites (tertiary alicyclic amines) is 1. The minimum absolute atomic E-state index is 0.223. The van der Waals surface area contributed by atoms with Gasteiger partial charge >= 0.3 is 6.03 Å². The van der Waals surface area contributed by atoms with E-state index in [0.29, 0.717) is 19.0 Å². The molecule has 0 aliphatic carbocycles. The fraction of sp³-hybridized carbons (Fsp3) is 0.304. The summed E-state index contributed by atoms with van der Waals surface area (Å²) in [5.41, 5.74) is 2.48. The van der Waals surface area contributed by atoms with Crippen LogP contribution in [0.3, 0.4) is 0 Å². The standard InChI is InChI=1S/C23H25FN4O/c1-17-15-25-22(19-7-3-2-4-8-19)28(17)16-18-11-13-27(14-12-18)23(29)26-21-10-6-5-9-20(21)24/h2-10,15,18H,11-14,16H2,1H3,(H,26,29). The summed E-state index contributed by atoms with van der Waals surface area (Å²) >= 11 is 0. The van der Waals surface area contributed by atoms with Crippen molar-refractivity contribution < 1.29 is 9.18 Å². The molecule has 0 spiro atoms. The zero-order valence-electron chi connectivity index (χ0n) is 16.5. The quantitative estimate of drug-likeness (QED) is 0.684. The number of imidazole rings is 1. The molecular weight excluding hydrogens is 367 g/mol. The van der Waals surface area contributed by atoms with E-state index in [9.17, 15) is 9.18 Å². The number of halogens is 1. The molecule has 0 saturated carbocycles. The zero-order valence-corrected chi connectivity index (χ0v) is 16.5. The Balaban J connectivity index is 1.37. The Morgan fingerprint density at radius 2 is 1.79 bits per heavy atom. The number of carbonyl (C=O) groups excluding carboxylic acids is 1. The molecule has 0 unspecified atom stereocenters. The van der Waals surface area contributed by atoms with Crippen LogP contribution in [0.5, 0.6) is 0 Å². The van der Waals surface area contributed by atoms with Crippen LogP contribution in [-0.4, -0.2) is 33.6 Å². The lowest BCUT2D eigenvalue weighted by Gasteiger charge is -2.32. The highest BCUT2D eigenvalue weighted by atomic mass is 19.1. The van der Waals surface area contributed by atoms with Gasteiger partial charge in [-0.15, -0.1) is 0 Å². The lowest BCUT2D eigenvalue weighted by molar-refractivity contribution is 0.177. The lowest BCUT2D eigenvalue weighted by atomic mass is 9.96. The number of nitrogens with one attached hydrogen (secondary N) is 1. The van der Waals surface area contributed by atoms with Crippen molar-refractivity contribution in [3.8, 4) is 11.4 Å². The molecule has 1 aliphatic heterocycles. The summed E-state index contributed by atoms with van der Waals surface area (Å²) in [6.07, 6.45) is 3.74. The van der Waals surface area contributed by atoms with Crippen molar-refractivity contribution in [2.24, 2.45) is 5.92 Å². The fourth-order valence-corrected chi connectivity index (χ4v) is 3.84. The Kier molecular flexibility index (Phi) is 5.60. The molecule has 2 heterocycles. The highest BCUT2D eigenvalue weighted by Gasteiger charge is 2.24. The number of piperidine rings is 1. The van der Waals surface area contributed by atoms with Crippen LogP contribution in [0, 0.1) is 18.7 Å². The van der Waals surface area contributed by atoms with E-state index in [1.165, 1.54) is 6.07 Å². The summed E-state index contributed by atoms with van der Waals surface area (Å²) in [4.78, 5) is 18.8. The van der Waals surface area contributed by atoms with Crippen molar-refractivity contribution in [3.63, 3.8) is 0 Å². The number of aromatic nitrogens is 2. The van der Waals surface area contributed by atoms with Gasteiger partial charge in [0, 0.05) is 37.1 Å². The third-order valence-corrected chi connectivity index (χ3v) is 5.55. The van der Waals surface area contributed by atoms with Crippen LogP contribution in [0.4, 0.5) is 14.9 Å². The average Bonchev–Trinajstić information content (AvgIpc) is 3.11. The molecule has 0 bridgehead atoms. The topological polar surface area (TPSA) is 50.2 Å². The summed E-state index contributed by atoms with van der Waals surface area (Å²) in [7, 11) is 0. The van der Waals surface area contributed by atoms with Crippen molar-refractivity contribution in [1.29, 1.82) is 0 Å². The minimum atomic E-state index is -0.417. The molecule has 1 N–H and O–H groups in total. The van der Waals surface area contributed by atoms with E-state index in [4.69, 9.17) is 0 Å². The van der Waals surface area contributed by atoms with Crippen LogP contribution in [0.2, 0.25) is 0 Å². The fourth-order valence-electron chi connectivity index (χ4n) is 3.84. The van der Waals surface area contributed by atoms with Gasteiger partial charge in [-0.2, -0.15) is 0 Å². The molecule has 1 aromatic heterocycles. The van der Waals surface area contributed by atoms with Gasteiger partial charge in [0.15, 0.2) is 0 Å². The normalized spacial score (nSPS) is 14.8. The predicted molar refractivity (Wildman–Crippen MR) is 112 cm³/mol. The van der Waals surface area contributed by atoms with E-state index in [2.05, 4.69) is 33.9 Å². The Morgan fingerprint density at radius 3 is 2.52 bits per heavy atom. The molecule has 4 rings (SSSR count). The summed E-state index contributed by atoms with van der Waals surface area (Å²) in [5.74, 6) is 1.05. The maximum atomic E-state index is 13.8. The summed E-state index contributed by atoms with van der Waals surface area (Å²) < 4.78 is 16.0. The van der Waals surface area contributed by atoms with E-state index in [1.807, 2.05) is 24.4 Å². The van der Waals surface area contributed by atoms with Gasteiger partial charge in [-0.05, 0) is 37.8 Å². The Hall–Kier alpha value is -3.15. The van der Waals surface area contributed by atoms with Gasteiger partial charge < -0.3 is 14.8 Å². The molecule has 0 atom stereocenters. The SMILES string of the molecule is Cc1cnc(-c2ccccc2)n1CC1CCN(C(=O)Nc2ccccc2F)CC1. The minimum Gasteiger partial charge on any atom is -0.328 e. The number of carbonyl (C=O) groups is 1. The average molecular weight is 392 g/mol. The van der Waals surface area contributed by atoms with Gasteiger partial charge in [-0.3, -0.25) is 0 Å². The number of rotatable bonds is 4. The van der Waals surface area contributed by atoms with Crippen LogP contribution < -0.4 is 5.32 Å². The van der Waals surface area contributed by atoms with Crippen molar-refractivity contribution in [2.75, 3.05) is 18.4 Å². The van der Waals surface area contributed by atoms with Crippen LogP contribution in [-0.2, 0) is 6.54 Å². The number of para-hydroxylation sites is 1. The Morgan fingerprint density at radius 1 is 1.10 bits per heavy atom. The van der Waals surface area contributed by atoms with Gasteiger partial charge in [-0.25, -0.2) is 14.2 Å². The molecule has 150 valence electrons. The van der Waals surface area contributed by atoms with Gasteiger partial charge in [0.2, 0.25) is 0 Å². The monoisotopic (exact) mass is 392 g/mol. The summed E-state index contributed by atoms with van der Waals surface area (Å²) in [5, 5.41) is 2.68. The van der Waals surface area contributed by atoms with Gasteiger partial charge in [0.05, 0.1) is 5.69 Å². The number of benzene rings is 2. The first-order valence-corrected chi connectivity index (χ1v) is 10.00. The first-order valence-electron chi connectivity index (χ1n) is 10.00. The van der Waals surface area contributed by atoms with Crippen LogP contribution in [0.1, 0.15) is 18.5 Å². The molecule has 5 nitrogen and oxygen atoms in total. The smallest absolute Gasteiger partial charge is 0.321 e. The van der Waals surface area contributed by atoms with E-state index in [0.717, 1.165) is 36.5 Å². The molecular formula is C23H25FN4O. The molecule has 6 heteroatoms. The van der Waals surface area contributed by atoms with E-state index >= 15 is 0 Å². The molecule has 1 aliphatic rings. The lowest BCUT2D eigenvalue weighted by Crippen LogP contribution is -2.41. The highest BCUT2D eigenvalue weighted by Crippen LogP contribution is 2.25. The van der Waals surface area contributed by atoms with Crippen molar-refractivity contribution >= 4 is 11.7 Å². The number of hydrogen-bond donors (Lipinski definition) is 1. The molecule has 3 aromatic rings. The van der Waals surface area contributed by atoms with Crippen LogP contribution in [0.15, 0.2) is 60.8 Å². The van der Waals surface area contributed by atoms with Gasteiger partial charge in [0.25, 0.3) is 0 Å². The van der Waals surface area contributed by atoms with Crippen LogP contribution >= 0.6 is 0 Å². The van der Waals surface area contributed by atoms with E-state index < -0.39 is 5.82 Å². The second-order valence-corrected chi connectivity index (χ2v) is 7.54. The number of hydrogen-bond acceptors (Lipinski definition) is 2. The van der Waals surface area contributed by atoms with Crippen molar-refractivity contribution in [2.45, 2.75) is 26.3 Å². The number of amides is 2. The highest BCUT2D eigenvalue weighted by molar-refractivity contribution is 5.89. The van der Waals surface area contributed by atoms with Gasteiger partial charge in [0.1, 0.15) is 11.6 Å². The number of anilines is 1. The Labute approximate surface area is 170 Å². The first kappa shape index (κ1) is 19.2. The predicted octanol–water partition coefficient (Wildman–Crippen LogP) is 4.94. The summed E-state index contributed by atoms with van der Waals surface area (Å²) in [6, 6.07) is 16.2. The maximum absolute atomic E-state index is 13.8. The van der Waals surface area contributed by atoms with Crippen molar-refractivity contribution in [1.82, 2.24) is 14.5 Å². The second kappa shape index (κ2) is 8.47. The van der Waals surface area contributed by atoms with Crippen molar-refractivity contribution in [3.05, 3.63) is 72.3 Å². The molecule has 0 radical (unpaired) electrons. The Bertz CT molecular complexity index is 978. The third kappa shape index (κ3) is 4.31. The number of urea groups is 1. The maximum Gasteiger partial charge on any atom is 0.321 e. The third-order valence-electron chi connectivity index (χ3n) is 5.55. The van der Waals surface area contributed by atoms with E-state index in [-0.39, 0.29) is 11.7 Å². The van der Waals surface area contributed by atoms with Crippen LogP contribution in [0.25, 0.3) is 11.4 Å². The zero-order chi connectivity index (χ0) is 20.2. The molecule has 2 amide bonds. The first-order chi connectivity index (χ1) is 14.1. The largest absolute Gasteiger partial charge is 0.328 e. The second-order valence-electron chi connectivity index (χ2n) is 7.54. The number of aryl methyl sites for hydroxylation is 1. The molecule has 1 saturated heterocycles. The molecule has 2 aromatic carbocycles. The number of nitrogens with zero attached hydrogens (tertiary/aromatic N) is 3.